The van der Waals surface area contributed by atoms with E-state index in [1.807, 2.05) is 0 Å². The van der Waals surface area contributed by atoms with Crippen molar-refractivity contribution in [3.63, 3.8) is 0 Å². The molecule has 0 radical (unpaired) electrons. The van der Waals surface area contributed by atoms with Crippen LogP contribution < -0.4 is 5.32 Å². The molecule has 0 bridgehead atoms. The van der Waals surface area contributed by atoms with Gasteiger partial charge in [-0.05, 0) is 44.1 Å². The van der Waals surface area contributed by atoms with Crippen LogP contribution in [0, 0.1) is 11.8 Å². The van der Waals surface area contributed by atoms with Gasteiger partial charge >= 0.3 is 0 Å². The molecular formula is C12H23NO2. The highest BCUT2D eigenvalue weighted by Crippen LogP contribution is 2.16. The molecule has 0 aromatic heterocycles. The van der Waals surface area contributed by atoms with E-state index in [2.05, 4.69) is 5.32 Å². The third-order valence-corrected chi connectivity index (χ3v) is 3.44. The fourth-order valence-electron chi connectivity index (χ4n) is 2.39. The predicted octanol–water partition coefficient (Wildman–Crippen LogP) is 1.43. The maximum atomic E-state index is 5.45. The normalized spacial score (nSPS) is 32.0. The molecule has 2 rings (SSSR count). The topological polar surface area (TPSA) is 30.5 Å². The summed E-state index contributed by atoms with van der Waals surface area (Å²) in [5.74, 6) is 1.55. The molecule has 2 heterocycles. The van der Waals surface area contributed by atoms with E-state index >= 15 is 0 Å². The Balaban J connectivity index is 1.47. The third kappa shape index (κ3) is 4.09. The molecule has 0 aromatic carbocycles. The first-order valence-corrected chi connectivity index (χ1v) is 6.31. The third-order valence-electron chi connectivity index (χ3n) is 3.44. The van der Waals surface area contributed by atoms with Gasteiger partial charge in [0.25, 0.3) is 0 Å². The molecule has 0 amide bonds. The highest BCUT2D eigenvalue weighted by Gasteiger charge is 2.16. The van der Waals surface area contributed by atoms with Gasteiger partial charge < -0.3 is 14.8 Å². The van der Waals surface area contributed by atoms with Gasteiger partial charge in [0.15, 0.2) is 0 Å². The molecule has 0 saturated carbocycles. The van der Waals surface area contributed by atoms with E-state index in [1.54, 1.807) is 0 Å². The lowest BCUT2D eigenvalue weighted by Gasteiger charge is -2.22. The van der Waals surface area contributed by atoms with E-state index in [0.717, 1.165) is 51.4 Å². The smallest absolute Gasteiger partial charge is 0.0506 e. The summed E-state index contributed by atoms with van der Waals surface area (Å²) < 4.78 is 10.8. The zero-order chi connectivity index (χ0) is 10.3. The largest absolute Gasteiger partial charge is 0.381 e. The second-order valence-corrected chi connectivity index (χ2v) is 4.81. The van der Waals surface area contributed by atoms with Gasteiger partial charge in [0.1, 0.15) is 0 Å². The van der Waals surface area contributed by atoms with Crippen molar-refractivity contribution in [3.05, 3.63) is 0 Å². The molecule has 3 heteroatoms. The van der Waals surface area contributed by atoms with Crippen LogP contribution in [0.5, 0.6) is 0 Å². The van der Waals surface area contributed by atoms with Gasteiger partial charge in [-0.15, -0.1) is 0 Å². The van der Waals surface area contributed by atoms with E-state index in [0.29, 0.717) is 0 Å². The summed E-state index contributed by atoms with van der Waals surface area (Å²) in [4.78, 5) is 0. The molecule has 2 aliphatic rings. The fraction of sp³-hybridized carbons (Fsp3) is 1.00. The summed E-state index contributed by atoms with van der Waals surface area (Å²) in [5, 5.41) is 3.55. The minimum absolute atomic E-state index is 0.749. The van der Waals surface area contributed by atoms with E-state index in [1.165, 1.54) is 25.7 Å². The molecule has 2 aliphatic heterocycles. The van der Waals surface area contributed by atoms with Crippen LogP contribution >= 0.6 is 0 Å². The summed E-state index contributed by atoms with van der Waals surface area (Å²) in [6, 6.07) is 0. The van der Waals surface area contributed by atoms with Crippen LogP contribution in [0.3, 0.4) is 0 Å². The quantitative estimate of drug-likeness (QED) is 0.701. The molecule has 2 saturated heterocycles. The second-order valence-electron chi connectivity index (χ2n) is 4.81. The first-order chi connectivity index (χ1) is 7.45. The zero-order valence-electron chi connectivity index (χ0n) is 9.54. The molecule has 0 aliphatic carbocycles. The van der Waals surface area contributed by atoms with Gasteiger partial charge in [0.05, 0.1) is 6.61 Å². The summed E-state index contributed by atoms with van der Waals surface area (Å²) in [7, 11) is 0. The van der Waals surface area contributed by atoms with Crippen molar-refractivity contribution in [2.45, 2.75) is 25.7 Å². The van der Waals surface area contributed by atoms with Gasteiger partial charge in [-0.1, -0.05) is 0 Å². The van der Waals surface area contributed by atoms with Crippen molar-refractivity contribution in [1.82, 2.24) is 5.32 Å². The Morgan fingerprint density at radius 3 is 2.60 bits per heavy atom. The van der Waals surface area contributed by atoms with Crippen LogP contribution in [0.2, 0.25) is 0 Å². The Morgan fingerprint density at radius 1 is 1.00 bits per heavy atom. The molecular weight excluding hydrogens is 190 g/mol. The maximum absolute atomic E-state index is 5.45. The van der Waals surface area contributed by atoms with Crippen molar-refractivity contribution in [2.24, 2.45) is 11.8 Å². The Labute approximate surface area is 92.5 Å². The first kappa shape index (κ1) is 11.4. The Morgan fingerprint density at radius 2 is 1.87 bits per heavy atom. The molecule has 88 valence electrons. The van der Waals surface area contributed by atoms with E-state index in [4.69, 9.17) is 9.47 Å². The number of nitrogens with one attached hydrogen (secondary N) is 1. The minimum Gasteiger partial charge on any atom is -0.381 e. The van der Waals surface area contributed by atoms with Crippen molar-refractivity contribution in [1.29, 1.82) is 0 Å². The lowest BCUT2D eigenvalue weighted by molar-refractivity contribution is 0.0548. The summed E-state index contributed by atoms with van der Waals surface area (Å²) in [6.07, 6.45) is 5.10. The van der Waals surface area contributed by atoms with Crippen molar-refractivity contribution >= 4 is 0 Å². The van der Waals surface area contributed by atoms with Crippen LogP contribution in [0.25, 0.3) is 0 Å². The molecule has 2 fully saturated rings. The minimum atomic E-state index is 0.749. The molecule has 0 spiro atoms. The highest BCUT2D eigenvalue weighted by molar-refractivity contribution is 4.68. The van der Waals surface area contributed by atoms with E-state index < -0.39 is 0 Å². The molecule has 1 N–H and O–H groups in total. The lowest BCUT2D eigenvalue weighted by Crippen LogP contribution is -2.30. The van der Waals surface area contributed by atoms with E-state index in [9.17, 15) is 0 Å². The van der Waals surface area contributed by atoms with Gasteiger partial charge in [-0.25, -0.2) is 0 Å². The molecule has 0 aromatic rings. The van der Waals surface area contributed by atoms with Gasteiger partial charge in [0, 0.05) is 26.4 Å². The average molecular weight is 213 g/mol. The Bertz CT molecular complexity index is 163. The standard InChI is InChI=1S/C12H23NO2/c1-2-12(10-14-6-1)8-13-5-3-11-4-7-15-9-11/h11-13H,1-10H2. The summed E-state index contributed by atoms with van der Waals surface area (Å²) in [5.41, 5.74) is 0. The number of hydrogen-bond acceptors (Lipinski definition) is 3. The van der Waals surface area contributed by atoms with Crippen LogP contribution in [-0.2, 0) is 9.47 Å². The van der Waals surface area contributed by atoms with Gasteiger partial charge in [-0.2, -0.15) is 0 Å². The van der Waals surface area contributed by atoms with Crippen LogP contribution in [0.4, 0.5) is 0 Å². The van der Waals surface area contributed by atoms with Crippen LogP contribution in [0.15, 0.2) is 0 Å². The van der Waals surface area contributed by atoms with Crippen LogP contribution in [0.1, 0.15) is 25.7 Å². The van der Waals surface area contributed by atoms with Crippen molar-refractivity contribution in [3.8, 4) is 0 Å². The lowest BCUT2D eigenvalue weighted by atomic mass is 10.0. The number of rotatable bonds is 5. The maximum Gasteiger partial charge on any atom is 0.0506 e. The highest BCUT2D eigenvalue weighted by atomic mass is 16.5. The van der Waals surface area contributed by atoms with Crippen LogP contribution in [-0.4, -0.2) is 39.5 Å². The van der Waals surface area contributed by atoms with Gasteiger partial charge in [0.2, 0.25) is 0 Å². The predicted molar refractivity (Wildman–Crippen MR) is 60.0 cm³/mol. The van der Waals surface area contributed by atoms with Crippen molar-refractivity contribution in [2.75, 3.05) is 39.5 Å². The Hall–Kier alpha value is -0.120. The number of hydrogen-bond donors (Lipinski definition) is 1. The monoisotopic (exact) mass is 213 g/mol. The van der Waals surface area contributed by atoms with Gasteiger partial charge in [-0.3, -0.25) is 0 Å². The summed E-state index contributed by atoms with van der Waals surface area (Å²) >= 11 is 0. The molecule has 2 unspecified atom stereocenters. The molecule has 15 heavy (non-hydrogen) atoms. The second kappa shape index (κ2) is 6.46. The fourth-order valence-corrected chi connectivity index (χ4v) is 2.39. The zero-order valence-corrected chi connectivity index (χ0v) is 9.54. The average Bonchev–Trinajstić information content (AvgIpc) is 2.79. The summed E-state index contributed by atoms with van der Waals surface area (Å²) in [6.45, 7) is 6.16. The van der Waals surface area contributed by atoms with Crippen molar-refractivity contribution < 1.29 is 9.47 Å². The molecule has 2 atom stereocenters. The SMILES string of the molecule is C1COCC(CNCCC2CCOC2)C1. The molecule has 3 nitrogen and oxygen atoms in total. The first-order valence-electron chi connectivity index (χ1n) is 6.31. The van der Waals surface area contributed by atoms with E-state index in [-0.39, 0.29) is 0 Å². The number of ether oxygens (including phenoxy) is 2. The Kier molecular flexibility index (Phi) is 4.90.